The topological polar surface area (TPSA) is 38.3 Å². The smallest absolute Gasteiger partial charge is 0.337 e. The van der Waals surface area contributed by atoms with Crippen LogP contribution in [0.25, 0.3) is 0 Å². The molecule has 0 saturated carbocycles. The van der Waals surface area contributed by atoms with Crippen molar-refractivity contribution in [1.82, 2.24) is 0 Å². The number of carbonyl (C=O) groups is 1. The van der Waals surface area contributed by atoms with Gasteiger partial charge < -0.3 is 10.1 Å². The van der Waals surface area contributed by atoms with Crippen LogP contribution in [0.5, 0.6) is 0 Å². The highest BCUT2D eigenvalue weighted by atomic mass is 16.5. The van der Waals surface area contributed by atoms with Gasteiger partial charge in [-0.05, 0) is 62.3 Å². The van der Waals surface area contributed by atoms with Gasteiger partial charge in [0.15, 0.2) is 0 Å². The average molecular weight is 287 g/mol. The first-order valence-electron chi connectivity index (χ1n) is 7.59. The molecule has 1 aromatic rings. The summed E-state index contributed by atoms with van der Waals surface area (Å²) in [7, 11) is 1.41. The molecule has 0 aromatic heterocycles. The first kappa shape index (κ1) is 15.6. The third-order valence-electron chi connectivity index (χ3n) is 4.11. The van der Waals surface area contributed by atoms with E-state index in [0.717, 1.165) is 17.8 Å². The number of esters is 1. The summed E-state index contributed by atoms with van der Waals surface area (Å²) in [5.74, 6) is 1.07. The first-order chi connectivity index (χ1) is 9.99. The maximum atomic E-state index is 11.5. The second kappa shape index (κ2) is 6.79. The molecule has 2 rings (SSSR count). The van der Waals surface area contributed by atoms with Gasteiger partial charge in [0, 0.05) is 12.2 Å². The summed E-state index contributed by atoms with van der Waals surface area (Å²) in [5.41, 5.74) is 4.28. The average Bonchev–Trinajstić information content (AvgIpc) is 2.44. The molecular weight excluding hydrogens is 262 g/mol. The SMILES string of the molecule is COC(=O)c1ccc(NCC2CC(C)=CC(C)C2)c(C)c1. The van der Waals surface area contributed by atoms with E-state index >= 15 is 0 Å². The number of anilines is 1. The molecule has 1 aliphatic carbocycles. The molecule has 1 N–H and O–H groups in total. The van der Waals surface area contributed by atoms with Crippen LogP contribution in [0.2, 0.25) is 0 Å². The van der Waals surface area contributed by atoms with Crippen molar-refractivity contribution < 1.29 is 9.53 Å². The van der Waals surface area contributed by atoms with Gasteiger partial charge in [0.2, 0.25) is 0 Å². The molecule has 0 spiro atoms. The third kappa shape index (κ3) is 4.10. The van der Waals surface area contributed by atoms with Crippen LogP contribution in [0, 0.1) is 18.8 Å². The van der Waals surface area contributed by atoms with Crippen molar-refractivity contribution in [2.45, 2.75) is 33.6 Å². The zero-order valence-electron chi connectivity index (χ0n) is 13.4. The van der Waals surface area contributed by atoms with Crippen LogP contribution in [0.3, 0.4) is 0 Å². The first-order valence-corrected chi connectivity index (χ1v) is 7.59. The molecule has 0 radical (unpaired) electrons. The molecule has 3 heteroatoms. The van der Waals surface area contributed by atoms with Crippen LogP contribution in [0.4, 0.5) is 5.69 Å². The Morgan fingerprint density at radius 2 is 2.14 bits per heavy atom. The summed E-state index contributed by atoms with van der Waals surface area (Å²) in [6.45, 7) is 7.50. The minimum Gasteiger partial charge on any atom is -0.465 e. The highest BCUT2D eigenvalue weighted by Gasteiger charge is 2.18. The number of aryl methyl sites for hydroxylation is 1. The molecule has 0 saturated heterocycles. The van der Waals surface area contributed by atoms with Crippen LogP contribution in [0.15, 0.2) is 29.8 Å². The number of methoxy groups -OCH3 is 1. The minimum atomic E-state index is -0.286. The van der Waals surface area contributed by atoms with E-state index in [1.165, 1.54) is 25.5 Å². The fourth-order valence-electron chi connectivity index (χ4n) is 3.20. The predicted molar refractivity (Wildman–Crippen MR) is 86.7 cm³/mol. The monoisotopic (exact) mass is 287 g/mol. The van der Waals surface area contributed by atoms with Crippen molar-refractivity contribution >= 4 is 11.7 Å². The zero-order valence-corrected chi connectivity index (χ0v) is 13.4. The molecule has 3 nitrogen and oxygen atoms in total. The summed E-state index contributed by atoms with van der Waals surface area (Å²) in [4.78, 5) is 11.5. The number of hydrogen-bond acceptors (Lipinski definition) is 3. The van der Waals surface area contributed by atoms with Crippen LogP contribution in [-0.4, -0.2) is 19.6 Å². The molecule has 0 fully saturated rings. The van der Waals surface area contributed by atoms with Crippen LogP contribution in [0.1, 0.15) is 42.6 Å². The molecule has 114 valence electrons. The van der Waals surface area contributed by atoms with E-state index in [1.807, 2.05) is 25.1 Å². The molecule has 1 aliphatic rings. The Hall–Kier alpha value is -1.77. The molecular formula is C18H25NO2. The van der Waals surface area contributed by atoms with Gasteiger partial charge in [-0.1, -0.05) is 18.6 Å². The third-order valence-corrected chi connectivity index (χ3v) is 4.11. The fraction of sp³-hybridized carbons (Fsp3) is 0.500. The summed E-state index contributed by atoms with van der Waals surface area (Å²) >= 11 is 0. The van der Waals surface area contributed by atoms with Gasteiger partial charge in [0.05, 0.1) is 12.7 Å². The maximum Gasteiger partial charge on any atom is 0.337 e. The van der Waals surface area contributed by atoms with E-state index in [9.17, 15) is 4.79 Å². The van der Waals surface area contributed by atoms with Crippen molar-refractivity contribution in [2.24, 2.45) is 11.8 Å². The van der Waals surface area contributed by atoms with E-state index in [4.69, 9.17) is 4.74 Å². The van der Waals surface area contributed by atoms with Crippen molar-refractivity contribution in [3.8, 4) is 0 Å². The van der Waals surface area contributed by atoms with Gasteiger partial charge in [-0.3, -0.25) is 0 Å². The van der Waals surface area contributed by atoms with E-state index in [2.05, 4.69) is 25.2 Å². The van der Waals surface area contributed by atoms with Gasteiger partial charge in [-0.15, -0.1) is 0 Å². The Morgan fingerprint density at radius 1 is 1.38 bits per heavy atom. The lowest BCUT2D eigenvalue weighted by atomic mass is 9.83. The quantitative estimate of drug-likeness (QED) is 0.666. The van der Waals surface area contributed by atoms with E-state index in [0.29, 0.717) is 17.4 Å². The van der Waals surface area contributed by atoms with Gasteiger partial charge in [-0.2, -0.15) is 0 Å². The van der Waals surface area contributed by atoms with Gasteiger partial charge >= 0.3 is 5.97 Å². The Kier molecular flexibility index (Phi) is 5.05. The summed E-state index contributed by atoms with van der Waals surface area (Å²) < 4.78 is 4.74. The van der Waals surface area contributed by atoms with Crippen LogP contribution >= 0.6 is 0 Å². The number of nitrogens with one attached hydrogen (secondary N) is 1. The minimum absolute atomic E-state index is 0.286. The summed E-state index contributed by atoms with van der Waals surface area (Å²) in [5, 5.41) is 3.53. The van der Waals surface area contributed by atoms with Crippen molar-refractivity contribution in [2.75, 3.05) is 19.0 Å². The van der Waals surface area contributed by atoms with Crippen molar-refractivity contribution in [3.05, 3.63) is 41.0 Å². The Bertz CT molecular complexity index is 548. The number of carbonyl (C=O) groups excluding carboxylic acids is 1. The maximum absolute atomic E-state index is 11.5. The van der Waals surface area contributed by atoms with Crippen LogP contribution < -0.4 is 5.32 Å². The second-order valence-electron chi connectivity index (χ2n) is 6.20. The summed E-state index contributed by atoms with van der Waals surface area (Å²) in [6.07, 6.45) is 4.80. The van der Waals surface area contributed by atoms with Gasteiger partial charge in [-0.25, -0.2) is 4.79 Å². The Balaban J connectivity index is 1.98. The molecule has 0 bridgehead atoms. The largest absolute Gasteiger partial charge is 0.465 e. The molecule has 0 amide bonds. The Morgan fingerprint density at radius 3 is 2.76 bits per heavy atom. The Labute approximate surface area is 127 Å². The highest BCUT2D eigenvalue weighted by molar-refractivity contribution is 5.90. The van der Waals surface area contributed by atoms with Crippen LogP contribution in [-0.2, 0) is 4.74 Å². The normalized spacial score (nSPS) is 21.6. The molecule has 1 aromatic carbocycles. The number of ether oxygens (including phenoxy) is 1. The molecule has 21 heavy (non-hydrogen) atoms. The lowest BCUT2D eigenvalue weighted by Gasteiger charge is -2.26. The standard InChI is InChI=1S/C18H25NO2/c1-12-7-13(2)9-15(8-12)11-19-17-6-5-16(10-14(17)3)18(20)21-4/h5-7,10,12,15,19H,8-9,11H2,1-4H3. The highest BCUT2D eigenvalue weighted by Crippen LogP contribution is 2.28. The molecule has 0 heterocycles. The predicted octanol–water partition coefficient (Wildman–Crippen LogP) is 4.19. The van der Waals surface area contributed by atoms with Crippen molar-refractivity contribution in [3.63, 3.8) is 0 Å². The second-order valence-corrected chi connectivity index (χ2v) is 6.20. The number of hydrogen-bond donors (Lipinski definition) is 1. The molecule has 0 aliphatic heterocycles. The molecule has 2 atom stereocenters. The van der Waals surface area contributed by atoms with E-state index in [1.54, 1.807) is 0 Å². The van der Waals surface area contributed by atoms with E-state index in [-0.39, 0.29) is 5.97 Å². The fourth-order valence-corrected chi connectivity index (χ4v) is 3.20. The van der Waals surface area contributed by atoms with Gasteiger partial charge in [0.1, 0.15) is 0 Å². The lowest BCUT2D eigenvalue weighted by molar-refractivity contribution is 0.0600. The van der Waals surface area contributed by atoms with Crippen molar-refractivity contribution in [1.29, 1.82) is 0 Å². The summed E-state index contributed by atoms with van der Waals surface area (Å²) in [6, 6.07) is 5.66. The number of benzene rings is 1. The zero-order chi connectivity index (χ0) is 15.4. The van der Waals surface area contributed by atoms with Gasteiger partial charge in [0.25, 0.3) is 0 Å². The molecule has 2 unspecified atom stereocenters. The number of rotatable bonds is 4. The number of allylic oxidation sites excluding steroid dienone is 2. The lowest BCUT2D eigenvalue weighted by Crippen LogP contribution is -2.20. The van der Waals surface area contributed by atoms with E-state index < -0.39 is 0 Å².